The van der Waals surface area contributed by atoms with E-state index in [0.717, 1.165) is 4.31 Å². The van der Waals surface area contributed by atoms with Gasteiger partial charge in [-0.3, -0.25) is 13.9 Å². The molecular weight excluding hydrogens is 533 g/mol. The summed E-state index contributed by atoms with van der Waals surface area (Å²) in [5.41, 5.74) is 1.41. The summed E-state index contributed by atoms with van der Waals surface area (Å²) in [4.78, 5) is 27.9. The minimum Gasteiger partial charge on any atom is -0.355 e. The number of carbonyl (C=O) groups excluding carboxylic acids is 2. The Bertz CT molecular complexity index is 1370. The van der Waals surface area contributed by atoms with Crippen LogP contribution in [-0.2, 0) is 26.2 Å². The summed E-state index contributed by atoms with van der Waals surface area (Å²) in [5, 5.41) is 3.52. The summed E-state index contributed by atoms with van der Waals surface area (Å²) in [6, 6.07) is 18.8. The summed E-state index contributed by atoms with van der Waals surface area (Å²) >= 11 is 12.7. The second kappa shape index (κ2) is 12.4. The van der Waals surface area contributed by atoms with Crippen LogP contribution in [0.1, 0.15) is 25.0 Å². The van der Waals surface area contributed by atoms with Crippen LogP contribution >= 0.6 is 23.2 Å². The van der Waals surface area contributed by atoms with Crippen LogP contribution in [0.4, 0.5) is 5.69 Å². The van der Waals surface area contributed by atoms with E-state index < -0.39 is 28.5 Å². The van der Waals surface area contributed by atoms with Crippen LogP contribution in [-0.4, -0.2) is 44.3 Å². The third-order valence-corrected chi connectivity index (χ3v) is 8.49. The third-order valence-electron chi connectivity index (χ3n) is 5.93. The van der Waals surface area contributed by atoms with E-state index in [0.29, 0.717) is 27.7 Å². The Hall–Kier alpha value is -3.07. The SMILES string of the molecule is CCNC(=O)[C@H](C)N(Cc1ccccc1Cl)C(=O)CN(c1cccc(Cl)c1C)S(=O)(=O)c1ccccc1. The topological polar surface area (TPSA) is 86.8 Å². The zero-order valence-corrected chi connectivity index (χ0v) is 23.1. The van der Waals surface area contributed by atoms with E-state index in [1.807, 2.05) is 0 Å². The number of carbonyl (C=O) groups is 2. The fraction of sp³-hybridized carbons (Fsp3) is 0.259. The molecule has 0 heterocycles. The monoisotopic (exact) mass is 561 g/mol. The van der Waals surface area contributed by atoms with Crippen LogP contribution in [0.25, 0.3) is 0 Å². The minimum atomic E-state index is -4.16. The van der Waals surface area contributed by atoms with E-state index in [2.05, 4.69) is 5.32 Å². The highest BCUT2D eigenvalue weighted by molar-refractivity contribution is 7.92. The molecule has 10 heteroatoms. The van der Waals surface area contributed by atoms with Crippen molar-refractivity contribution in [3.05, 3.63) is 94.0 Å². The lowest BCUT2D eigenvalue weighted by molar-refractivity contribution is -0.139. The van der Waals surface area contributed by atoms with Crippen LogP contribution in [0.2, 0.25) is 10.0 Å². The van der Waals surface area contributed by atoms with E-state index in [4.69, 9.17) is 23.2 Å². The number of hydrogen-bond donors (Lipinski definition) is 1. The van der Waals surface area contributed by atoms with Crippen molar-refractivity contribution in [1.82, 2.24) is 10.2 Å². The molecule has 0 aliphatic rings. The lowest BCUT2D eigenvalue weighted by Gasteiger charge is -2.32. The number of halogens is 2. The molecule has 2 amide bonds. The number of likely N-dealkylation sites (N-methyl/N-ethyl adjacent to an activating group) is 1. The summed E-state index contributed by atoms with van der Waals surface area (Å²) in [5.74, 6) is -0.933. The Balaban J connectivity index is 2.08. The first kappa shape index (κ1) is 28.5. The fourth-order valence-electron chi connectivity index (χ4n) is 3.81. The molecule has 7 nitrogen and oxygen atoms in total. The van der Waals surface area contributed by atoms with E-state index in [9.17, 15) is 18.0 Å². The second-order valence-corrected chi connectivity index (χ2v) is 11.1. The summed E-state index contributed by atoms with van der Waals surface area (Å²) in [6.07, 6.45) is 0. The van der Waals surface area contributed by atoms with Gasteiger partial charge < -0.3 is 10.2 Å². The van der Waals surface area contributed by atoms with Gasteiger partial charge in [-0.15, -0.1) is 0 Å². The van der Waals surface area contributed by atoms with Gasteiger partial charge in [0.15, 0.2) is 0 Å². The van der Waals surface area contributed by atoms with Crippen molar-refractivity contribution < 1.29 is 18.0 Å². The van der Waals surface area contributed by atoms with Gasteiger partial charge in [-0.1, -0.05) is 65.7 Å². The first-order valence-electron chi connectivity index (χ1n) is 11.7. The highest BCUT2D eigenvalue weighted by Crippen LogP contribution is 2.31. The zero-order chi connectivity index (χ0) is 27.2. The highest BCUT2D eigenvalue weighted by atomic mass is 35.5. The molecule has 1 atom stereocenters. The molecule has 0 bridgehead atoms. The molecule has 37 heavy (non-hydrogen) atoms. The molecule has 196 valence electrons. The predicted octanol–water partition coefficient (Wildman–Crippen LogP) is 5.05. The average Bonchev–Trinajstić information content (AvgIpc) is 2.88. The molecule has 0 saturated heterocycles. The third kappa shape index (κ3) is 6.63. The van der Waals surface area contributed by atoms with E-state index in [1.54, 1.807) is 81.4 Å². The zero-order valence-electron chi connectivity index (χ0n) is 20.8. The largest absolute Gasteiger partial charge is 0.355 e. The van der Waals surface area contributed by atoms with Crippen LogP contribution in [0, 0.1) is 6.92 Å². The number of hydrogen-bond acceptors (Lipinski definition) is 4. The number of anilines is 1. The first-order valence-corrected chi connectivity index (χ1v) is 13.9. The molecule has 3 aromatic carbocycles. The van der Waals surface area contributed by atoms with Gasteiger partial charge in [0.05, 0.1) is 10.6 Å². The molecule has 0 aromatic heterocycles. The molecule has 0 aliphatic heterocycles. The Labute approximate surface area is 228 Å². The van der Waals surface area contributed by atoms with E-state index in [1.165, 1.54) is 17.0 Å². The maximum absolute atomic E-state index is 13.8. The van der Waals surface area contributed by atoms with Gasteiger partial charge in [-0.2, -0.15) is 0 Å². The first-order chi connectivity index (χ1) is 17.6. The number of nitrogens with one attached hydrogen (secondary N) is 1. The van der Waals surface area contributed by atoms with Crippen molar-refractivity contribution in [1.29, 1.82) is 0 Å². The maximum Gasteiger partial charge on any atom is 0.264 e. The highest BCUT2D eigenvalue weighted by Gasteiger charge is 2.33. The predicted molar refractivity (Wildman–Crippen MR) is 147 cm³/mol. The van der Waals surface area contributed by atoms with Crippen LogP contribution in [0.3, 0.4) is 0 Å². The van der Waals surface area contributed by atoms with Crippen molar-refractivity contribution >= 4 is 50.7 Å². The Morgan fingerprint density at radius 2 is 1.54 bits per heavy atom. The fourth-order valence-corrected chi connectivity index (χ4v) is 5.67. The van der Waals surface area contributed by atoms with Crippen molar-refractivity contribution in [3.63, 3.8) is 0 Å². The standard InChI is InChI=1S/C27H29Cl2N3O4S/c1-4-30-27(34)20(3)31(17-21-11-8-9-14-24(21)29)26(33)18-32(25-16-10-15-23(28)19(25)2)37(35,36)22-12-6-5-7-13-22/h5-16,20H,4,17-18H2,1-3H3,(H,30,34)/t20-/m0/s1. The van der Waals surface area contributed by atoms with Gasteiger partial charge in [0, 0.05) is 23.1 Å². The van der Waals surface area contributed by atoms with Crippen LogP contribution < -0.4 is 9.62 Å². The Morgan fingerprint density at radius 3 is 2.19 bits per heavy atom. The summed E-state index contributed by atoms with van der Waals surface area (Å²) < 4.78 is 28.6. The lowest BCUT2D eigenvalue weighted by atomic mass is 10.1. The molecule has 0 spiro atoms. The smallest absolute Gasteiger partial charge is 0.264 e. The molecule has 0 aliphatic carbocycles. The molecule has 1 N–H and O–H groups in total. The van der Waals surface area contributed by atoms with Crippen molar-refractivity contribution in [3.8, 4) is 0 Å². The number of sulfonamides is 1. The number of nitrogens with zero attached hydrogens (tertiary/aromatic N) is 2. The molecule has 3 aromatic rings. The Kier molecular flexibility index (Phi) is 9.59. The van der Waals surface area contributed by atoms with Gasteiger partial charge in [0.1, 0.15) is 12.6 Å². The van der Waals surface area contributed by atoms with Crippen molar-refractivity contribution in [2.24, 2.45) is 0 Å². The molecule has 0 radical (unpaired) electrons. The number of benzene rings is 3. The van der Waals surface area contributed by atoms with Crippen LogP contribution in [0.5, 0.6) is 0 Å². The second-order valence-electron chi connectivity index (χ2n) is 8.39. The molecule has 0 unspecified atom stereocenters. The molecule has 3 rings (SSSR count). The average molecular weight is 563 g/mol. The van der Waals surface area contributed by atoms with Crippen molar-refractivity contribution in [2.45, 2.75) is 38.3 Å². The van der Waals surface area contributed by atoms with Gasteiger partial charge in [-0.25, -0.2) is 8.42 Å². The summed E-state index contributed by atoms with van der Waals surface area (Å²) in [7, 11) is -4.16. The van der Waals surface area contributed by atoms with E-state index >= 15 is 0 Å². The Morgan fingerprint density at radius 1 is 0.919 bits per heavy atom. The van der Waals surface area contributed by atoms with Gasteiger partial charge in [0.25, 0.3) is 10.0 Å². The maximum atomic E-state index is 13.8. The minimum absolute atomic E-state index is 0.0184. The van der Waals surface area contributed by atoms with E-state index in [-0.39, 0.29) is 23.0 Å². The molecule has 0 fully saturated rings. The van der Waals surface area contributed by atoms with Crippen molar-refractivity contribution in [2.75, 3.05) is 17.4 Å². The summed E-state index contributed by atoms with van der Waals surface area (Å²) in [6.45, 7) is 4.92. The van der Waals surface area contributed by atoms with Gasteiger partial charge in [0.2, 0.25) is 11.8 Å². The molecular formula is C27H29Cl2N3O4S. The lowest BCUT2D eigenvalue weighted by Crippen LogP contribution is -2.51. The molecule has 0 saturated carbocycles. The quantitative estimate of drug-likeness (QED) is 0.375. The van der Waals surface area contributed by atoms with Gasteiger partial charge >= 0.3 is 0 Å². The normalized spacial score (nSPS) is 12.0. The van der Waals surface area contributed by atoms with Gasteiger partial charge in [-0.05, 0) is 62.2 Å². The van der Waals surface area contributed by atoms with Crippen LogP contribution in [0.15, 0.2) is 77.7 Å². The number of amides is 2. The number of rotatable bonds is 10.